The molecule has 2 fully saturated rings. The van der Waals surface area contributed by atoms with Gasteiger partial charge < -0.3 is 14.9 Å². The lowest BCUT2D eigenvalue weighted by atomic mass is 9.85. The number of carbonyl (C=O) groups is 1. The van der Waals surface area contributed by atoms with E-state index >= 15 is 0 Å². The van der Waals surface area contributed by atoms with E-state index < -0.39 is 0 Å². The predicted molar refractivity (Wildman–Crippen MR) is 146 cm³/mol. The lowest BCUT2D eigenvalue weighted by Gasteiger charge is -2.30. The second kappa shape index (κ2) is 11.7. The van der Waals surface area contributed by atoms with Gasteiger partial charge in [-0.15, -0.1) is 0 Å². The van der Waals surface area contributed by atoms with Crippen molar-refractivity contribution in [1.29, 1.82) is 0 Å². The smallest absolute Gasteiger partial charge is 0.280 e. The number of rotatable bonds is 7. The second-order valence-electron chi connectivity index (χ2n) is 11.2. The number of hydrogen-bond acceptors (Lipinski definition) is 3. The van der Waals surface area contributed by atoms with Crippen molar-refractivity contribution in [3.05, 3.63) is 65.0 Å². The molecule has 2 heterocycles. The second-order valence-corrected chi connectivity index (χ2v) is 11.2. The highest BCUT2D eigenvalue weighted by molar-refractivity contribution is 5.94. The number of imidazole rings is 1. The van der Waals surface area contributed by atoms with E-state index in [-0.39, 0.29) is 17.8 Å². The molecular weight excluding hydrogens is 465 g/mol. The average molecular weight is 506 g/mol. The summed E-state index contributed by atoms with van der Waals surface area (Å²) in [6.45, 7) is 8.72. The standard InChI is InChI=1S/C30H40FN5O/c1-21(2)32-19-22-6-13-26(14-7-22)36-28-18-23(20-35-16-4-3-5-17-35)8-15-27(28)33-30(36)34-29(37)24-9-11-25(31)12-10-24/h8-12,15,18,21-22,26,32H,3-7,13-14,16-17,19-20H2,1-2H3,(H,33,34,37). The van der Waals surface area contributed by atoms with Crippen molar-refractivity contribution in [3.8, 4) is 0 Å². The van der Waals surface area contributed by atoms with E-state index in [1.807, 2.05) is 0 Å². The van der Waals surface area contributed by atoms with Crippen LogP contribution in [-0.4, -0.2) is 46.0 Å². The molecule has 1 aliphatic carbocycles. The summed E-state index contributed by atoms with van der Waals surface area (Å²) in [6.07, 6.45) is 8.31. The summed E-state index contributed by atoms with van der Waals surface area (Å²) in [5.41, 5.74) is 4.39. The number of benzene rings is 2. The van der Waals surface area contributed by atoms with E-state index in [4.69, 9.17) is 0 Å². The maximum Gasteiger partial charge on any atom is 0.280 e. The highest BCUT2D eigenvalue weighted by Crippen LogP contribution is 2.33. The Morgan fingerprint density at radius 1 is 1.05 bits per heavy atom. The van der Waals surface area contributed by atoms with E-state index in [0.29, 0.717) is 23.1 Å². The van der Waals surface area contributed by atoms with E-state index in [1.165, 1.54) is 49.1 Å². The average Bonchev–Trinajstić information content (AvgIpc) is 3.25. The van der Waals surface area contributed by atoms with E-state index in [9.17, 15) is 9.18 Å². The summed E-state index contributed by atoms with van der Waals surface area (Å²) in [5, 5.41) is 3.59. The Kier molecular flexibility index (Phi) is 8.20. The Morgan fingerprint density at radius 3 is 2.49 bits per heavy atom. The predicted octanol–water partition coefficient (Wildman–Crippen LogP) is 5.56. The molecule has 5 rings (SSSR count). The molecule has 0 atom stereocenters. The van der Waals surface area contributed by atoms with Crippen molar-refractivity contribution in [2.75, 3.05) is 19.6 Å². The van der Waals surface area contributed by atoms with Gasteiger partial charge >= 0.3 is 0 Å². The van der Waals surface area contributed by atoms with Crippen molar-refractivity contribution < 1.29 is 9.18 Å². The highest BCUT2D eigenvalue weighted by Gasteiger charge is 2.25. The normalized spacial score (nSPS) is 21.7. The lowest BCUT2D eigenvalue weighted by Crippen LogP contribution is -2.33. The number of piperidine rings is 1. The molecule has 2 aromatic carbocycles. The van der Waals surface area contributed by atoms with Gasteiger partial charge in [0.15, 0.2) is 0 Å². The summed E-state index contributed by atoms with van der Waals surface area (Å²) in [6, 6.07) is 13.0. The van der Waals surface area contributed by atoms with Gasteiger partial charge in [-0.1, -0.05) is 26.3 Å². The third-order valence-electron chi connectivity index (χ3n) is 7.95. The molecule has 1 aromatic heterocycles. The van der Waals surface area contributed by atoms with Gasteiger partial charge in [0.05, 0.1) is 11.0 Å². The van der Waals surface area contributed by atoms with E-state index in [2.05, 4.69) is 56.8 Å². The fourth-order valence-corrected chi connectivity index (χ4v) is 5.87. The zero-order valence-electron chi connectivity index (χ0n) is 22.2. The molecule has 0 spiro atoms. The Hall–Kier alpha value is -2.77. The van der Waals surface area contributed by atoms with Crippen molar-refractivity contribution >= 4 is 16.9 Å². The first-order valence-electron chi connectivity index (χ1n) is 14.0. The number of H-pyrrole nitrogens is 1. The van der Waals surface area contributed by atoms with Gasteiger partial charge in [0.1, 0.15) is 5.82 Å². The van der Waals surface area contributed by atoms with Crippen LogP contribution in [0.3, 0.4) is 0 Å². The minimum atomic E-state index is -0.359. The number of hydrogen-bond donors (Lipinski definition) is 2. The summed E-state index contributed by atoms with van der Waals surface area (Å²) < 4.78 is 15.7. The Bertz CT molecular complexity index is 1260. The van der Waals surface area contributed by atoms with Crippen LogP contribution in [0.15, 0.2) is 47.5 Å². The molecule has 0 bridgehead atoms. The van der Waals surface area contributed by atoms with Crippen molar-refractivity contribution in [1.82, 2.24) is 19.8 Å². The summed E-state index contributed by atoms with van der Waals surface area (Å²) >= 11 is 0. The summed E-state index contributed by atoms with van der Waals surface area (Å²) in [7, 11) is 0. The van der Waals surface area contributed by atoms with Crippen LogP contribution >= 0.6 is 0 Å². The van der Waals surface area contributed by atoms with Gasteiger partial charge in [0.2, 0.25) is 5.62 Å². The third-order valence-corrected chi connectivity index (χ3v) is 7.95. The van der Waals surface area contributed by atoms with Crippen LogP contribution in [0.1, 0.15) is 80.8 Å². The van der Waals surface area contributed by atoms with Crippen molar-refractivity contribution in [3.63, 3.8) is 0 Å². The summed E-state index contributed by atoms with van der Waals surface area (Å²) in [4.78, 5) is 23.5. The first-order valence-corrected chi connectivity index (χ1v) is 14.0. The Morgan fingerprint density at radius 2 is 1.78 bits per heavy atom. The SMILES string of the molecule is CC(C)NCC1CCC(n2/c(=N\C(=O)c3ccc(F)cc3)[nH]c3ccc(CN4CCCCC4)cc32)CC1. The quantitative estimate of drug-likeness (QED) is 0.442. The number of nitrogens with zero attached hydrogens (tertiary/aromatic N) is 3. The fourth-order valence-electron chi connectivity index (χ4n) is 5.87. The fraction of sp³-hybridized carbons (Fsp3) is 0.533. The monoisotopic (exact) mass is 505 g/mol. The van der Waals surface area contributed by atoms with Gasteiger partial charge in [0, 0.05) is 24.2 Å². The highest BCUT2D eigenvalue weighted by atomic mass is 19.1. The number of amides is 1. The lowest BCUT2D eigenvalue weighted by molar-refractivity contribution is 0.0996. The zero-order valence-corrected chi connectivity index (χ0v) is 22.2. The van der Waals surface area contributed by atoms with E-state index in [1.54, 1.807) is 0 Å². The van der Waals surface area contributed by atoms with Gasteiger partial charge in [-0.25, -0.2) is 4.39 Å². The van der Waals surface area contributed by atoms with Gasteiger partial charge in [-0.3, -0.25) is 9.69 Å². The molecule has 37 heavy (non-hydrogen) atoms. The molecule has 2 aliphatic rings. The molecule has 0 unspecified atom stereocenters. The molecule has 0 radical (unpaired) electrons. The topological polar surface area (TPSA) is 65.4 Å². The number of aromatic amines is 1. The number of nitrogens with one attached hydrogen (secondary N) is 2. The Labute approximate surface area is 219 Å². The van der Waals surface area contributed by atoms with Crippen LogP contribution in [-0.2, 0) is 6.54 Å². The molecular formula is C30H40FN5O. The van der Waals surface area contributed by atoms with Gasteiger partial charge in [-0.05, 0) is 106 Å². The number of likely N-dealkylation sites (tertiary alicyclic amines) is 1. The largest absolute Gasteiger partial charge is 0.324 e. The number of halogens is 1. The van der Waals surface area contributed by atoms with Crippen LogP contribution in [0.2, 0.25) is 0 Å². The molecule has 1 saturated heterocycles. The van der Waals surface area contributed by atoms with Gasteiger partial charge in [0.25, 0.3) is 5.91 Å². The molecule has 2 N–H and O–H groups in total. The minimum Gasteiger partial charge on any atom is -0.324 e. The van der Waals surface area contributed by atoms with Crippen molar-refractivity contribution in [2.24, 2.45) is 10.9 Å². The summed E-state index contributed by atoms with van der Waals surface area (Å²) in [5.74, 6) is -0.0359. The van der Waals surface area contributed by atoms with Crippen LogP contribution < -0.4 is 10.9 Å². The van der Waals surface area contributed by atoms with E-state index in [0.717, 1.165) is 62.9 Å². The van der Waals surface area contributed by atoms with Crippen LogP contribution in [0.4, 0.5) is 4.39 Å². The zero-order chi connectivity index (χ0) is 25.8. The molecule has 3 aromatic rings. The van der Waals surface area contributed by atoms with Gasteiger partial charge in [-0.2, -0.15) is 4.99 Å². The molecule has 1 amide bonds. The molecule has 6 nitrogen and oxygen atoms in total. The van der Waals surface area contributed by atoms with Crippen molar-refractivity contribution in [2.45, 2.75) is 77.4 Å². The number of fused-ring (bicyclic) bond motifs is 1. The first kappa shape index (κ1) is 25.9. The maximum atomic E-state index is 13.4. The minimum absolute atomic E-state index is 0.286. The van der Waals surface area contributed by atoms with Crippen LogP contribution in [0.25, 0.3) is 11.0 Å². The third kappa shape index (κ3) is 6.39. The molecule has 7 heteroatoms. The van der Waals surface area contributed by atoms with Crippen LogP contribution in [0, 0.1) is 11.7 Å². The molecule has 1 aliphatic heterocycles. The van der Waals surface area contributed by atoms with Crippen LogP contribution in [0.5, 0.6) is 0 Å². The molecule has 1 saturated carbocycles. The molecule has 198 valence electrons. The number of carbonyl (C=O) groups excluding carboxylic acids is 1. The first-order chi connectivity index (χ1) is 18.0. The number of aromatic nitrogens is 2. The maximum absolute atomic E-state index is 13.4. The Balaban J connectivity index is 1.47.